The van der Waals surface area contributed by atoms with Gasteiger partial charge in [0.2, 0.25) is 5.91 Å². The van der Waals surface area contributed by atoms with Crippen molar-refractivity contribution in [3.63, 3.8) is 0 Å². The van der Waals surface area contributed by atoms with Gasteiger partial charge in [0.15, 0.2) is 0 Å². The fourth-order valence-corrected chi connectivity index (χ4v) is 4.13. The summed E-state index contributed by atoms with van der Waals surface area (Å²) in [5, 5.41) is 6.64. The van der Waals surface area contributed by atoms with Crippen LogP contribution in [0.3, 0.4) is 0 Å². The van der Waals surface area contributed by atoms with Crippen LogP contribution in [0.5, 0.6) is 5.75 Å². The molecule has 3 heterocycles. The van der Waals surface area contributed by atoms with E-state index in [0.717, 1.165) is 59.4 Å². The van der Waals surface area contributed by atoms with Gasteiger partial charge in [-0.2, -0.15) is 5.10 Å². The van der Waals surface area contributed by atoms with E-state index in [1.165, 1.54) is 0 Å². The second kappa shape index (κ2) is 8.23. The lowest BCUT2D eigenvalue weighted by Crippen LogP contribution is -2.38. The van der Waals surface area contributed by atoms with E-state index in [0.29, 0.717) is 18.9 Å². The Hall–Kier alpha value is -2.89. The highest BCUT2D eigenvalue weighted by Crippen LogP contribution is 2.31. The van der Waals surface area contributed by atoms with Crippen molar-refractivity contribution in [1.82, 2.24) is 19.7 Å². The van der Waals surface area contributed by atoms with E-state index >= 15 is 0 Å². The second-order valence-corrected chi connectivity index (χ2v) is 7.90. The standard InChI is InChI=1S/C23H28N4O2/c1-16-12-20-15-24-21(13-19(20)14-22(16)29-3)18-5-8-26(9-6-18)23(28)7-11-27-10-4-17(2)25-27/h4,10,12-15,18H,5-9,11H2,1-3H3. The summed E-state index contributed by atoms with van der Waals surface area (Å²) in [4.78, 5) is 19.3. The lowest BCUT2D eigenvalue weighted by atomic mass is 9.92. The van der Waals surface area contributed by atoms with E-state index in [2.05, 4.69) is 23.3 Å². The summed E-state index contributed by atoms with van der Waals surface area (Å²) >= 11 is 0. The Morgan fingerprint density at radius 2 is 1.97 bits per heavy atom. The van der Waals surface area contributed by atoms with Gasteiger partial charge in [-0.1, -0.05) is 0 Å². The van der Waals surface area contributed by atoms with Gasteiger partial charge in [-0.05, 0) is 61.9 Å². The summed E-state index contributed by atoms with van der Waals surface area (Å²) in [5.41, 5.74) is 3.21. The number of piperidine rings is 1. The van der Waals surface area contributed by atoms with Crippen LogP contribution in [-0.2, 0) is 11.3 Å². The third kappa shape index (κ3) is 4.26. The maximum Gasteiger partial charge on any atom is 0.224 e. The van der Waals surface area contributed by atoms with Crippen LogP contribution in [0.25, 0.3) is 10.8 Å². The van der Waals surface area contributed by atoms with E-state index in [1.54, 1.807) is 7.11 Å². The zero-order valence-electron chi connectivity index (χ0n) is 17.4. The minimum atomic E-state index is 0.211. The summed E-state index contributed by atoms with van der Waals surface area (Å²) in [6.07, 6.45) is 6.29. The second-order valence-electron chi connectivity index (χ2n) is 7.90. The molecule has 0 radical (unpaired) electrons. The first kappa shape index (κ1) is 19.4. The zero-order valence-corrected chi connectivity index (χ0v) is 17.4. The molecule has 0 bridgehead atoms. The molecule has 1 amide bonds. The number of carbonyl (C=O) groups excluding carboxylic acids is 1. The van der Waals surface area contributed by atoms with E-state index < -0.39 is 0 Å². The van der Waals surface area contributed by atoms with Gasteiger partial charge < -0.3 is 9.64 Å². The summed E-state index contributed by atoms with van der Waals surface area (Å²) in [5.74, 6) is 1.51. The monoisotopic (exact) mass is 392 g/mol. The van der Waals surface area contributed by atoms with Gasteiger partial charge >= 0.3 is 0 Å². The SMILES string of the molecule is COc1cc2cc(C3CCN(C(=O)CCn4ccc(C)n4)CC3)ncc2cc1C. The Balaban J connectivity index is 1.37. The molecule has 6 nitrogen and oxygen atoms in total. The lowest BCUT2D eigenvalue weighted by molar-refractivity contribution is -0.132. The molecule has 0 aliphatic carbocycles. The average Bonchev–Trinajstić information content (AvgIpc) is 3.16. The van der Waals surface area contributed by atoms with Crippen LogP contribution in [-0.4, -0.2) is 45.8 Å². The smallest absolute Gasteiger partial charge is 0.224 e. The number of hydrogen-bond donors (Lipinski definition) is 0. The molecule has 3 aromatic rings. The molecule has 152 valence electrons. The number of carbonyl (C=O) groups is 1. The van der Waals surface area contributed by atoms with Gasteiger partial charge in [0.25, 0.3) is 0 Å². The van der Waals surface area contributed by atoms with Crippen molar-refractivity contribution in [2.75, 3.05) is 20.2 Å². The number of aryl methyl sites for hydroxylation is 3. The number of pyridine rings is 1. The van der Waals surface area contributed by atoms with Crippen molar-refractivity contribution in [2.45, 2.75) is 45.6 Å². The van der Waals surface area contributed by atoms with Crippen molar-refractivity contribution in [3.8, 4) is 5.75 Å². The summed E-state index contributed by atoms with van der Waals surface area (Å²) in [7, 11) is 1.70. The van der Waals surface area contributed by atoms with E-state index in [-0.39, 0.29) is 5.91 Å². The third-order valence-electron chi connectivity index (χ3n) is 5.85. The normalized spacial score (nSPS) is 15.1. The van der Waals surface area contributed by atoms with Gasteiger partial charge in [-0.15, -0.1) is 0 Å². The molecule has 1 aliphatic heterocycles. The highest BCUT2D eigenvalue weighted by atomic mass is 16.5. The molecule has 0 atom stereocenters. The van der Waals surface area contributed by atoms with E-state index in [1.807, 2.05) is 41.9 Å². The molecule has 1 fully saturated rings. The van der Waals surface area contributed by atoms with Crippen LogP contribution >= 0.6 is 0 Å². The minimum Gasteiger partial charge on any atom is -0.496 e. The van der Waals surface area contributed by atoms with Gasteiger partial charge in [-0.25, -0.2) is 0 Å². The number of aromatic nitrogens is 3. The highest BCUT2D eigenvalue weighted by molar-refractivity contribution is 5.84. The molecule has 0 spiro atoms. The number of hydrogen-bond acceptors (Lipinski definition) is 4. The van der Waals surface area contributed by atoms with Crippen molar-refractivity contribution >= 4 is 16.7 Å². The molecule has 4 rings (SSSR count). The van der Waals surface area contributed by atoms with Crippen molar-refractivity contribution < 1.29 is 9.53 Å². The molecule has 0 unspecified atom stereocenters. The van der Waals surface area contributed by atoms with E-state index in [4.69, 9.17) is 9.72 Å². The van der Waals surface area contributed by atoms with Crippen LogP contribution < -0.4 is 4.74 Å². The number of fused-ring (bicyclic) bond motifs is 1. The van der Waals surface area contributed by atoms with Crippen LogP contribution in [0.1, 0.15) is 42.1 Å². The van der Waals surface area contributed by atoms with Gasteiger partial charge in [0.05, 0.1) is 12.8 Å². The predicted octanol–water partition coefficient (Wildman–Crippen LogP) is 3.85. The molecule has 1 saturated heterocycles. The summed E-state index contributed by atoms with van der Waals surface area (Å²) in [6.45, 7) is 6.23. The first-order chi connectivity index (χ1) is 14.0. The topological polar surface area (TPSA) is 60.2 Å². The third-order valence-corrected chi connectivity index (χ3v) is 5.85. The van der Waals surface area contributed by atoms with Crippen LogP contribution in [0.15, 0.2) is 36.7 Å². The van der Waals surface area contributed by atoms with Crippen molar-refractivity contribution in [3.05, 3.63) is 53.6 Å². The highest BCUT2D eigenvalue weighted by Gasteiger charge is 2.24. The number of rotatable bonds is 5. The molecule has 1 aliphatic rings. The van der Waals surface area contributed by atoms with Crippen molar-refractivity contribution in [1.29, 1.82) is 0 Å². The predicted molar refractivity (Wildman–Crippen MR) is 113 cm³/mol. The molecule has 6 heteroatoms. The summed E-state index contributed by atoms with van der Waals surface area (Å²) < 4.78 is 7.31. The van der Waals surface area contributed by atoms with Crippen LogP contribution in [0.4, 0.5) is 0 Å². The fraction of sp³-hybridized carbons (Fsp3) is 0.435. The molecular formula is C23H28N4O2. The number of ether oxygens (including phenoxy) is 1. The average molecular weight is 393 g/mol. The Morgan fingerprint density at radius 1 is 1.17 bits per heavy atom. The van der Waals surface area contributed by atoms with Gasteiger partial charge in [-0.3, -0.25) is 14.5 Å². The molecule has 1 aromatic carbocycles. The molecular weight excluding hydrogens is 364 g/mol. The molecule has 0 N–H and O–H groups in total. The van der Waals surface area contributed by atoms with E-state index in [9.17, 15) is 4.79 Å². The van der Waals surface area contributed by atoms with Gasteiger partial charge in [0.1, 0.15) is 5.75 Å². The zero-order chi connectivity index (χ0) is 20.4. The first-order valence-electron chi connectivity index (χ1n) is 10.3. The number of methoxy groups -OCH3 is 1. The molecule has 2 aromatic heterocycles. The first-order valence-corrected chi connectivity index (χ1v) is 10.3. The largest absolute Gasteiger partial charge is 0.496 e. The number of amides is 1. The Morgan fingerprint density at radius 3 is 2.66 bits per heavy atom. The summed E-state index contributed by atoms with van der Waals surface area (Å²) in [6, 6.07) is 8.35. The number of benzene rings is 1. The Labute approximate surface area is 171 Å². The fourth-order valence-electron chi connectivity index (χ4n) is 4.13. The molecule has 0 saturated carbocycles. The number of nitrogens with zero attached hydrogens (tertiary/aromatic N) is 4. The van der Waals surface area contributed by atoms with Crippen molar-refractivity contribution in [2.24, 2.45) is 0 Å². The minimum absolute atomic E-state index is 0.211. The Bertz CT molecular complexity index is 1020. The maximum absolute atomic E-state index is 12.6. The molecule has 29 heavy (non-hydrogen) atoms. The maximum atomic E-state index is 12.6. The Kier molecular flexibility index (Phi) is 5.51. The van der Waals surface area contributed by atoms with Gasteiger partial charge in [0, 0.05) is 55.4 Å². The number of likely N-dealkylation sites (tertiary alicyclic amines) is 1. The lowest BCUT2D eigenvalue weighted by Gasteiger charge is -2.32. The van der Waals surface area contributed by atoms with Crippen LogP contribution in [0, 0.1) is 13.8 Å². The van der Waals surface area contributed by atoms with Crippen LogP contribution in [0.2, 0.25) is 0 Å². The quantitative estimate of drug-likeness (QED) is 0.662.